The van der Waals surface area contributed by atoms with Crippen molar-refractivity contribution in [1.29, 1.82) is 0 Å². The first kappa shape index (κ1) is 16.0. The van der Waals surface area contributed by atoms with Crippen molar-refractivity contribution in [2.45, 2.75) is 18.3 Å². The van der Waals surface area contributed by atoms with Gasteiger partial charge in [0.25, 0.3) is 0 Å². The van der Waals surface area contributed by atoms with Crippen molar-refractivity contribution in [3.05, 3.63) is 52.5 Å². The van der Waals surface area contributed by atoms with Gasteiger partial charge in [-0.1, -0.05) is 18.2 Å². The van der Waals surface area contributed by atoms with Gasteiger partial charge in [-0.2, -0.15) is 0 Å². The fourth-order valence-corrected chi connectivity index (χ4v) is 3.82. The standard InChI is InChI=1S/C17H19FN2O2S/c18-13-4-1-2-5-14(13)20-16(21)19-12-17(7-9-22-10-8-17)15-6-3-11-23-15/h1-6,11H,7-10,12H2,(H2,19,20,21). The highest BCUT2D eigenvalue weighted by Gasteiger charge is 2.35. The van der Waals surface area contributed by atoms with Crippen molar-refractivity contribution in [2.75, 3.05) is 25.1 Å². The summed E-state index contributed by atoms with van der Waals surface area (Å²) in [5.74, 6) is -0.443. The minimum atomic E-state index is -0.443. The predicted octanol–water partition coefficient (Wildman–Crippen LogP) is 3.76. The molecule has 122 valence electrons. The molecule has 1 aliphatic rings. The van der Waals surface area contributed by atoms with Crippen molar-refractivity contribution in [3.8, 4) is 0 Å². The first-order valence-corrected chi connectivity index (χ1v) is 8.49. The molecule has 0 unspecified atom stereocenters. The van der Waals surface area contributed by atoms with Crippen LogP contribution in [-0.2, 0) is 10.2 Å². The topological polar surface area (TPSA) is 50.4 Å². The summed E-state index contributed by atoms with van der Waals surface area (Å²) in [5, 5.41) is 7.50. The second kappa shape index (κ2) is 7.10. The van der Waals surface area contributed by atoms with Crippen LogP contribution in [-0.4, -0.2) is 25.8 Å². The van der Waals surface area contributed by atoms with Crippen LogP contribution < -0.4 is 10.6 Å². The Morgan fingerprint density at radius 3 is 2.70 bits per heavy atom. The Morgan fingerprint density at radius 1 is 1.22 bits per heavy atom. The van der Waals surface area contributed by atoms with Crippen LogP contribution in [0.2, 0.25) is 0 Å². The fourth-order valence-electron chi connectivity index (χ4n) is 2.83. The van der Waals surface area contributed by atoms with Crippen molar-refractivity contribution in [2.24, 2.45) is 0 Å². The molecule has 1 saturated heterocycles. The molecule has 0 bridgehead atoms. The number of hydrogen-bond acceptors (Lipinski definition) is 3. The van der Waals surface area contributed by atoms with Gasteiger partial charge in [0, 0.05) is 30.1 Å². The van der Waals surface area contributed by atoms with Gasteiger partial charge in [0.2, 0.25) is 0 Å². The normalized spacial score (nSPS) is 16.7. The van der Waals surface area contributed by atoms with E-state index in [1.807, 2.05) is 11.4 Å². The van der Waals surface area contributed by atoms with Gasteiger partial charge in [-0.25, -0.2) is 9.18 Å². The zero-order valence-corrected chi connectivity index (χ0v) is 13.5. The maximum absolute atomic E-state index is 13.6. The molecule has 2 amide bonds. The Hall–Kier alpha value is -1.92. The van der Waals surface area contributed by atoms with Gasteiger partial charge in [0.1, 0.15) is 5.82 Å². The SMILES string of the molecule is O=C(NCC1(c2cccs2)CCOCC1)Nc1ccccc1F. The molecule has 0 saturated carbocycles. The molecule has 1 fully saturated rings. The first-order valence-electron chi connectivity index (χ1n) is 7.61. The Bertz CT molecular complexity index is 654. The van der Waals surface area contributed by atoms with Crippen LogP contribution >= 0.6 is 11.3 Å². The molecule has 2 heterocycles. The summed E-state index contributed by atoms with van der Waals surface area (Å²) in [5.41, 5.74) is 0.0843. The molecule has 1 aromatic carbocycles. The molecule has 1 aliphatic heterocycles. The lowest BCUT2D eigenvalue weighted by Gasteiger charge is -2.36. The summed E-state index contributed by atoms with van der Waals surface area (Å²) in [6, 6.07) is 9.87. The van der Waals surface area contributed by atoms with E-state index in [-0.39, 0.29) is 11.1 Å². The minimum absolute atomic E-state index is 0.0982. The molecule has 0 atom stereocenters. The molecule has 3 rings (SSSR count). The van der Waals surface area contributed by atoms with Crippen LogP contribution in [0, 0.1) is 5.82 Å². The van der Waals surface area contributed by atoms with E-state index in [9.17, 15) is 9.18 Å². The number of amides is 2. The summed E-state index contributed by atoms with van der Waals surface area (Å²) in [6.45, 7) is 1.89. The Kier molecular flexibility index (Phi) is 4.93. The second-order valence-electron chi connectivity index (χ2n) is 5.66. The minimum Gasteiger partial charge on any atom is -0.381 e. The third-order valence-electron chi connectivity index (χ3n) is 4.20. The maximum atomic E-state index is 13.6. The number of halogens is 1. The average molecular weight is 334 g/mol. The molecular weight excluding hydrogens is 315 g/mol. The lowest BCUT2D eigenvalue weighted by molar-refractivity contribution is 0.0521. The Labute approximate surface area is 138 Å². The molecule has 23 heavy (non-hydrogen) atoms. The monoisotopic (exact) mass is 334 g/mol. The van der Waals surface area contributed by atoms with E-state index in [0.29, 0.717) is 19.8 Å². The molecule has 2 aromatic rings. The number of para-hydroxylation sites is 1. The Morgan fingerprint density at radius 2 is 2.00 bits per heavy atom. The van der Waals surface area contributed by atoms with Crippen LogP contribution in [0.1, 0.15) is 17.7 Å². The number of anilines is 1. The number of nitrogens with one attached hydrogen (secondary N) is 2. The van der Waals surface area contributed by atoms with Crippen LogP contribution in [0.25, 0.3) is 0 Å². The number of benzene rings is 1. The molecule has 6 heteroatoms. The third-order valence-corrected chi connectivity index (χ3v) is 5.32. The summed E-state index contributed by atoms with van der Waals surface area (Å²) < 4.78 is 19.1. The largest absolute Gasteiger partial charge is 0.381 e. The van der Waals surface area contributed by atoms with Crippen LogP contribution in [0.3, 0.4) is 0 Å². The van der Waals surface area contributed by atoms with E-state index in [2.05, 4.69) is 16.7 Å². The zero-order chi connectivity index (χ0) is 16.1. The number of ether oxygens (including phenoxy) is 1. The number of urea groups is 1. The number of thiophene rings is 1. The van der Waals surface area contributed by atoms with E-state index in [4.69, 9.17) is 4.74 Å². The number of hydrogen-bond donors (Lipinski definition) is 2. The van der Waals surface area contributed by atoms with E-state index in [0.717, 1.165) is 12.8 Å². The molecule has 0 spiro atoms. The van der Waals surface area contributed by atoms with Crippen molar-refractivity contribution < 1.29 is 13.9 Å². The van der Waals surface area contributed by atoms with Crippen molar-refractivity contribution >= 4 is 23.1 Å². The predicted molar refractivity (Wildman–Crippen MR) is 89.5 cm³/mol. The number of rotatable bonds is 4. The number of carbonyl (C=O) groups excluding carboxylic acids is 1. The van der Waals surface area contributed by atoms with Crippen LogP contribution in [0.15, 0.2) is 41.8 Å². The molecular formula is C17H19FN2O2S. The Balaban J connectivity index is 1.65. The zero-order valence-electron chi connectivity index (χ0n) is 12.7. The fraction of sp³-hybridized carbons (Fsp3) is 0.353. The molecule has 0 aliphatic carbocycles. The van der Waals surface area contributed by atoms with Gasteiger partial charge in [0.15, 0.2) is 0 Å². The lowest BCUT2D eigenvalue weighted by atomic mass is 9.78. The van der Waals surface area contributed by atoms with Gasteiger partial charge in [-0.3, -0.25) is 0 Å². The van der Waals surface area contributed by atoms with Crippen LogP contribution in [0.5, 0.6) is 0 Å². The second-order valence-corrected chi connectivity index (χ2v) is 6.61. The lowest BCUT2D eigenvalue weighted by Crippen LogP contribution is -2.45. The van der Waals surface area contributed by atoms with Gasteiger partial charge < -0.3 is 15.4 Å². The number of carbonyl (C=O) groups is 1. The highest BCUT2D eigenvalue weighted by atomic mass is 32.1. The van der Waals surface area contributed by atoms with Crippen molar-refractivity contribution in [1.82, 2.24) is 5.32 Å². The van der Waals surface area contributed by atoms with Gasteiger partial charge in [0.05, 0.1) is 5.69 Å². The third kappa shape index (κ3) is 3.71. The molecule has 0 radical (unpaired) electrons. The summed E-state index contributed by atoms with van der Waals surface area (Å²) in [6.07, 6.45) is 1.74. The highest BCUT2D eigenvalue weighted by molar-refractivity contribution is 7.10. The average Bonchev–Trinajstić information content (AvgIpc) is 3.11. The molecule has 1 aromatic heterocycles. The van der Waals surface area contributed by atoms with Gasteiger partial charge in [-0.15, -0.1) is 11.3 Å². The summed E-state index contributed by atoms with van der Waals surface area (Å²) in [4.78, 5) is 13.4. The first-order chi connectivity index (χ1) is 11.2. The van der Waals surface area contributed by atoms with Gasteiger partial charge in [-0.05, 0) is 36.4 Å². The van der Waals surface area contributed by atoms with E-state index in [1.165, 1.54) is 10.9 Å². The summed E-state index contributed by atoms with van der Waals surface area (Å²) in [7, 11) is 0. The quantitative estimate of drug-likeness (QED) is 0.894. The van der Waals surface area contributed by atoms with Gasteiger partial charge >= 0.3 is 6.03 Å². The maximum Gasteiger partial charge on any atom is 0.319 e. The van der Waals surface area contributed by atoms with Crippen LogP contribution in [0.4, 0.5) is 14.9 Å². The smallest absolute Gasteiger partial charge is 0.319 e. The van der Waals surface area contributed by atoms with E-state index in [1.54, 1.807) is 29.5 Å². The van der Waals surface area contributed by atoms with Crippen molar-refractivity contribution in [3.63, 3.8) is 0 Å². The molecule has 4 nitrogen and oxygen atoms in total. The highest BCUT2D eigenvalue weighted by Crippen LogP contribution is 2.36. The summed E-state index contributed by atoms with van der Waals surface area (Å²) >= 11 is 1.70. The van der Waals surface area contributed by atoms with E-state index >= 15 is 0 Å². The molecule has 2 N–H and O–H groups in total. The van der Waals surface area contributed by atoms with E-state index < -0.39 is 11.8 Å².